The molecule has 0 unspecified atom stereocenters. The fourth-order valence-electron chi connectivity index (χ4n) is 1.15. The van der Waals surface area contributed by atoms with Crippen molar-refractivity contribution in [1.82, 2.24) is 0 Å². The van der Waals surface area contributed by atoms with Crippen LogP contribution in [0.2, 0.25) is 0 Å². The SMILES string of the molecule is Cc1ccc(-c2ccc(C(=O)O)o2)o1. The van der Waals surface area contributed by atoms with Crippen LogP contribution in [0.5, 0.6) is 0 Å². The van der Waals surface area contributed by atoms with Crippen LogP contribution in [-0.2, 0) is 0 Å². The van der Waals surface area contributed by atoms with Crippen molar-refractivity contribution in [2.24, 2.45) is 0 Å². The average molecular weight is 192 g/mol. The van der Waals surface area contributed by atoms with E-state index in [1.54, 1.807) is 18.2 Å². The molecule has 0 aliphatic carbocycles. The number of hydrogen-bond acceptors (Lipinski definition) is 3. The quantitative estimate of drug-likeness (QED) is 0.794. The van der Waals surface area contributed by atoms with Crippen LogP contribution in [0.1, 0.15) is 16.3 Å². The lowest BCUT2D eigenvalue weighted by atomic mass is 10.3. The highest BCUT2D eigenvalue weighted by Crippen LogP contribution is 2.23. The van der Waals surface area contributed by atoms with Gasteiger partial charge in [-0.3, -0.25) is 0 Å². The summed E-state index contributed by atoms with van der Waals surface area (Å²) >= 11 is 0. The van der Waals surface area contributed by atoms with Crippen LogP contribution in [-0.4, -0.2) is 11.1 Å². The highest BCUT2D eigenvalue weighted by Gasteiger charge is 2.12. The van der Waals surface area contributed by atoms with E-state index in [1.165, 1.54) is 6.07 Å². The summed E-state index contributed by atoms with van der Waals surface area (Å²) in [4.78, 5) is 10.5. The van der Waals surface area contributed by atoms with Gasteiger partial charge in [0.2, 0.25) is 5.76 Å². The summed E-state index contributed by atoms with van der Waals surface area (Å²) in [5.41, 5.74) is 0. The first-order chi connectivity index (χ1) is 6.66. The maximum atomic E-state index is 10.5. The van der Waals surface area contributed by atoms with Crippen LogP contribution in [0.4, 0.5) is 0 Å². The van der Waals surface area contributed by atoms with Crippen molar-refractivity contribution in [3.63, 3.8) is 0 Å². The van der Waals surface area contributed by atoms with E-state index >= 15 is 0 Å². The Morgan fingerprint density at radius 1 is 1.14 bits per heavy atom. The predicted molar refractivity (Wildman–Crippen MR) is 48.1 cm³/mol. The Morgan fingerprint density at radius 2 is 1.79 bits per heavy atom. The summed E-state index contributed by atoms with van der Waals surface area (Å²) in [7, 11) is 0. The Balaban J connectivity index is 2.38. The third-order valence-corrected chi connectivity index (χ3v) is 1.80. The van der Waals surface area contributed by atoms with E-state index in [0.29, 0.717) is 11.5 Å². The number of rotatable bonds is 2. The molecular weight excluding hydrogens is 184 g/mol. The Labute approximate surface area is 79.8 Å². The molecule has 14 heavy (non-hydrogen) atoms. The minimum absolute atomic E-state index is 0.0888. The number of carboxylic acids is 1. The lowest BCUT2D eigenvalue weighted by Gasteiger charge is -1.89. The summed E-state index contributed by atoms with van der Waals surface area (Å²) in [5.74, 6) is 0.548. The first-order valence-corrected chi connectivity index (χ1v) is 4.07. The lowest BCUT2D eigenvalue weighted by Crippen LogP contribution is -1.91. The van der Waals surface area contributed by atoms with Gasteiger partial charge in [0.25, 0.3) is 0 Å². The van der Waals surface area contributed by atoms with E-state index in [1.807, 2.05) is 6.92 Å². The lowest BCUT2D eigenvalue weighted by molar-refractivity contribution is 0.0663. The molecule has 2 aromatic heterocycles. The van der Waals surface area contributed by atoms with E-state index in [9.17, 15) is 4.79 Å². The molecule has 0 amide bonds. The number of carboxylic acid groups (broad SMARTS) is 1. The summed E-state index contributed by atoms with van der Waals surface area (Å²) in [5, 5.41) is 8.63. The van der Waals surface area contributed by atoms with Crippen molar-refractivity contribution in [2.45, 2.75) is 6.92 Å². The van der Waals surface area contributed by atoms with E-state index < -0.39 is 5.97 Å². The Kier molecular flexibility index (Phi) is 1.89. The van der Waals surface area contributed by atoms with E-state index in [-0.39, 0.29) is 5.76 Å². The fraction of sp³-hybridized carbons (Fsp3) is 0.100. The van der Waals surface area contributed by atoms with Crippen molar-refractivity contribution < 1.29 is 18.7 Å². The molecule has 0 saturated heterocycles. The largest absolute Gasteiger partial charge is 0.475 e. The van der Waals surface area contributed by atoms with Gasteiger partial charge in [0.05, 0.1) is 0 Å². The molecule has 0 radical (unpaired) electrons. The molecule has 0 aromatic carbocycles. The number of aryl methyl sites for hydroxylation is 1. The van der Waals surface area contributed by atoms with Gasteiger partial charge in [-0.2, -0.15) is 0 Å². The molecule has 0 aliphatic rings. The van der Waals surface area contributed by atoms with Crippen molar-refractivity contribution in [3.8, 4) is 11.5 Å². The van der Waals surface area contributed by atoms with Crippen LogP contribution in [0, 0.1) is 6.92 Å². The Bertz CT molecular complexity index is 464. The molecule has 4 nitrogen and oxygen atoms in total. The smallest absolute Gasteiger partial charge is 0.371 e. The molecule has 2 aromatic rings. The predicted octanol–water partition coefficient (Wildman–Crippen LogP) is 2.55. The zero-order valence-corrected chi connectivity index (χ0v) is 7.48. The third-order valence-electron chi connectivity index (χ3n) is 1.80. The molecule has 0 atom stereocenters. The fourth-order valence-corrected chi connectivity index (χ4v) is 1.15. The molecule has 2 heterocycles. The van der Waals surface area contributed by atoms with Gasteiger partial charge in [0.15, 0.2) is 11.5 Å². The minimum Gasteiger partial charge on any atom is -0.475 e. The standard InChI is InChI=1S/C10H8O4/c1-6-2-3-7(13-6)8-4-5-9(14-8)10(11)12/h2-5H,1H3,(H,11,12). The van der Waals surface area contributed by atoms with Crippen LogP contribution in [0.3, 0.4) is 0 Å². The van der Waals surface area contributed by atoms with Gasteiger partial charge in [0, 0.05) is 0 Å². The molecule has 0 fully saturated rings. The van der Waals surface area contributed by atoms with Crippen LogP contribution >= 0.6 is 0 Å². The first-order valence-electron chi connectivity index (χ1n) is 4.07. The maximum absolute atomic E-state index is 10.5. The zero-order chi connectivity index (χ0) is 10.1. The van der Waals surface area contributed by atoms with Crippen molar-refractivity contribution in [1.29, 1.82) is 0 Å². The minimum atomic E-state index is -1.08. The van der Waals surface area contributed by atoms with Gasteiger partial charge in [0.1, 0.15) is 5.76 Å². The molecule has 0 saturated carbocycles. The van der Waals surface area contributed by atoms with Gasteiger partial charge >= 0.3 is 5.97 Å². The van der Waals surface area contributed by atoms with Crippen LogP contribution in [0.15, 0.2) is 33.1 Å². The number of aromatic carboxylic acids is 1. The van der Waals surface area contributed by atoms with Gasteiger partial charge in [-0.25, -0.2) is 4.79 Å². The molecule has 0 bridgehead atoms. The van der Waals surface area contributed by atoms with Crippen molar-refractivity contribution in [3.05, 3.63) is 35.8 Å². The summed E-state index contributed by atoms with van der Waals surface area (Å²) in [6, 6.07) is 6.50. The molecule has 2 rings (SSSR count). The van der Waals surface area contributed by atoms with E-state index in [4.69, 9.17) is 13.9 Å². The van der Waals surface area contributed by atoms with Crippen molar-refractivity contribution in [2.75, 3.05) is 0 Å². The summed E-state index contributed by atoms with van der Waals surface area (Å²) < 4.78 is 10.3. The molecule has 0 aliphatic heterocycles. The maximum Gasteiger partial charge on any atom is 0.371 e. The first kappa shape index (κ1) is 8.62. The zero-order valence-electron chi connectivity index (χ0n) is 7.48. The van der Waals surface area contributed by atoms with Crippen molar-refractivity contribution >= 4 is 5.97 Å². The summed E-state index contributed by atoms with van der Waals surface area (Å²) in [6.07, 6.45) is 0. The molecule has 0 spiro atoms. The molecule has 4 heteroatoms. The number of carbonyl (C=O) groups is 1. The van der Waals surface area contributed by atoms with Crippen LogP contribution in [0.25, 0.3) is 11.5 Å². The van der Waals surface area contributed by atoms with Gasteiger partial charge in [-0.15, -0.1) is 0 Å². The highest BCUT2D eigenvalue weighted by molar-refractivity contribution is 5.85. The highest BCUT2D eigenvalue weighted by atomic mass is 16.4. The van der Waals surface area contributed by atoms with Gasteiger partial charge < -0.3 is 13.9 Å². The third kappa shape index (κ3) is 1.42. The number of furan rings is 2. The van der Waals surface area contributed by atoms with Gasteiger partial charge in [-0.05, 0) is 31.2 Å². The Hall–Kier alpha value is -1.97. The topological polar surface area (TPSA) is 63.6 Å². The molecule has 72 valence electrons. The summed E-state index contributed by atoms with van der Waals surface area (Å²) in [6.45, 7) is 1.81. The normalized spacial score (nSPS) is 10.4. The Morgan fingerprint density at radius 3 is 2.29 bits per heavy atom. The second-order valence-corrected chi connectivity index (χ2v) is 2.88. The molecule has 1 N–H and O–H groups in total. The monoisotopic (exact) mass is 192 g/mol. The second-order valence-electron chi connectivity index (χ2n) is 2.88. The van der Waals surface area contributed by atoms with E-state index in [0.717, 1.165) is 5.76 Å². The second kappa shape index (κ2) is 3.06. The average Bonchev–Trinajstić information content (AvgIpc) is 2.70. The van der Waals surface area contributed by atoms with E-state index in [2.05, 4.69) is 0 Å². The number of hydrogen-bond donors (Lipinski definition) is 1. The molecular formula is C10H8O4. The van der Waals surface area contributed by atoms with Crippen LogP contribution < -0.4 is 0 Å². The van der Waals surface area contributed by atoms with Gasteiger partial charge in [-0.1, -0.05) is 0 Å².